The molecule has 23 heavy (non-hydrogen) atoms. The molecule has 1 amide bonds. The lowest BCUT2D eigenvalue weighted by molar-refractivity contribution is -0.123. The van der Waals surface area contributed by atoms with Crippen LogP contribution in [0.15, 0.2) is 36.5 Å². The number of benzene rings is 1. The molecule has 1 heterocycles. The van der Waals surface area contributed by atoms with E-state index in [1.54, 1.807) is 12.3 Å². The third-order valence-corrected chi connectivity index (χ3v) is 3.96. The highest BCUT2D eigenvalue weighted by Crippen LogP contribution is 2.17. The molecule has 4 heteroatoms. The monoisotopic (exact) mass is 312 g/mol. The summed E-state index contributed by atoms with van der Waals surface area (Å²) in [5.41, 5.74) is 1.34. The molecule has 1 aromatic carbocycles. The van der Waals surface area contributed by atoms with Gasteiger partial charge < -0.3 is 5.32 Å². The number of hydrogen-bond acceptors (Lipinski definition) is 3. The molecule has 0 fully saturated rings. The van der Waals surface area contributed by atoms with E-state index in [1.165, 1.54) is 0 Å². The number of nitrogens with one attached hydrogen (secondary N) is 1. The molecule has 0 spiro atoms. The van der Waals surface area contributed by atoms with Gasteiger partial charge in [0.25, 0.3) is 5.91 Å². The van der Waals surface area contributed by atoms with Crippen LogP contribution < -0.4 is 5.32 Å². The molecule has 2 rings (SSSR count). The zero-order chi connectivity index (χ0) is 16.8. The lowest BCUT2D eigenvalue weighted by Gasteiger charge is -2.19. The number of fused-ring (bicyclic) bond motifs is 1. The molecule has 1 aromatic heterocycles. The van der Waals surface area contributed by atoms with Crippen molar-refractivity contribution in [2.75, 3.05) is 0 Å². The zero-order valence-corrected chi connectivity index (χ0v) is 14.0. The minimum atomic E-state index is -0.422. The van der Waals surface area contributed by atoms with Crippen molar-refractivity contribution in [1.29, 1.82) is 0 Å². The van der Waals surface area contributed by atoms with Crippen LogP contribution in [0.1, 0.15) is 50.4 Å². The summed E-state index contributed by atoms with van der Waals surface area (Å²) in [6.07, 6.45) is 4.22. The van der Waals surface area contributed by atoms with Crippen LogP contribution >= 0.6 is 0 Å². The van der Waals surface area contributed by atoms with Gasteiger partial charge in [-0.1, -0.05) is 51.8 Å². The number of Topliss-reactive ketones (excluding diaryl/α,β-unsaturated/α-hetero) is 1. The number of unbranched alkanes of at least 4 members (excludes halogenated alkanes) is 1. The lowest BCUT2D eigenvalue weighted by Crippen LogP contribution is -2.42. The van der Waals surface area contributed by atoms with E-state index >= 15 is 0 Å². The maximum Gasteiger partial charge on any atom is 0.252 e. The van der Waals surface area contributed by atoms with Gasteiger partial charge in [0.2, 0.25) is 0 Å². The predicted octanol–water partition coefficient (Wildman–Crippen LogP) is 3.75. The predicted molar refractivity (Wildman–Crippen MR) is 92.4 cm³/mol. The highest BCUT2D eigenvalue weighted by Gasteiger charge is 2.23. The molecule has 0 saturated heterocycles. The SMILES string of the molecule is CCCCC(NC(=O)c1ccnc2ccccc12)C(=O)C(C)C. The molecule has 1 atom stereocenters. The Labute approximate surface area is 137 Å². The summed E-state index contributed by atoms with van der Waals surface area (Å²) in [5, 5.41) is 3.73. The van der Waals surface area contributed by atoms with Crippen molar-refractivity contribution >= 4 is 22.6 Å². The van der Waals surface area contributed by atoms with Gasteiger partial charge in [-0.2, -0.15) is 0 Å². The number of rotatable bonds is 7. The Kier molecular flexibility index (Phi) is 5.85. The van der Waals surface area contributed by atoms with E-state index in [0.717, 1.165) is 23.7 Å². The topological polar surface area (TPSA) is 59.1 Å². The Balaban J connectivity index is 2.25. The Morgan fingerprint density at radius 3 is 2.61 bits per heavy atom. The second kappa shape index (κ2) is 7.86. The third-order valence-electron chi connectivity index (χ3n) is 3.96. The molecular weight excluding hydrogens is 288 g/mol. The van der Waals surface area contributed by atoms with Crippen molar-refractivity contribution in [2.24, 2.45) is 5.92 Å². The standard InChI is InChI=1S/C19H24N2O2/c1-4-5-9-17(18(22)13(2)3)21-19(23)15-11-12-20-16-10-7-6-8-14(15)16/h6-8,10-13,17H,4-5,9H2,1-3H3,(H,21,23). The first-order valence-corrected chi connectivity index (χ1v) is 8.23. The Morgan fingerprint density at radius 1 is 1.17 bits per heavy atom. The molecule has 0 radical (unpaired) electrons. The van der Waals surface area contributed by atoms with Crippen LogP contribution in [0.2, 0.25) is 0 Å². The van der Waals surface area contributed by atoms with Crippen molar-refractivity contribution in [1.82, 2.24) is 10.3 Å². The normalized spacial score (nSPS) is 12.3. The van der Waals surface area contributed by atoms with Crippen molar-refractivity contribution in [2.45, 2.75) is 46.1 Å². The summed E-state index contributed by atoms with van der Waals surface area (Å²) in [4.78, 5) is 29.3. The summed E-state index contributed by atoms with van der Waals surface area (Å²) in [5.74, 6) is -0.213. The minimum absolute atomic E-state index is 0.0881. The minimum Gasteiger partial charge on any atom is -0.342 e. The number of ketones is 1. The number of hydrogen-bond donors (Lipinski definition) is 1. The molecule has 0 aliphatic heterocycles. The van der Waals surface area contributed by atoms with Crippen LogP contribution in [0, 0.1) is 5.92 Å². The van der Waals surface area contributed by atoms with Gasteiger partial charge in [0.15, 0.2) is 5.78 Å². The molecule has 1 N–H and O–H groups in total. The van der Waals surface area contributed by atoms with E-state index < -0.39 is 6.04 Å². The molecule has 4 nitrogen and oxygen atoms in total. The molecule has 0 saturated carbocycles. The van der Waals surface area contributed by atoms with Crippen LogP contribution in [0.25, 0.3) is 10.9 Å². The number of nitrogens with zero attached hydrogens (tertiary/aromatic N) is 1. The molecular formula is C19H24N2O2. The fraction of sp³-hybridized carbons (Fsp3) is 0.421. The first-order chi connectivity index (χ1) is 11.0. The van der Waals surface area contributed by atoms with Crippen LogP contribution in [-0.2, 0) is 4.79 Å². The van der Waals surface area contributed by atoms with Gasteiger partial charge in [-0.3, -0.25) is 14.6 Å². The van der Waals surface area contributed by atoms with E-state index in [2.05, 4.69) is 17.2 Å². The van der Waals surface area contributed by atoms with Crippen LogP contribution in [0.3, 0.4) is 0 Å². The highest BCUT2D eigenvalue weighted by atomic mass is 16.2. The second-order valence-electron chi connectivity index (χ2n) is 6.10. The summed E-state index contributed by atoms with van der Waals surface area (Å²) >= 11 is 0. The molecule has 0 aliphatic carbocycles. The molecule has 2 aromatic rings. The van der Waals surface area contributed by atoms with Gasteiger partial charge in [-0.15, -0.1) is 0 Å². The van der Waals surface area contributed by atoms with Crippen molar-refractivity contribution < 1.29 is 9.59 Å². The number of aromatic nitrogens is 1. The second-order valence-corrected chi connectivity index (χ2v) is 6.10. The summed E-state index contributed by atoms with van der Waals surface area (Å²) in [6.45, 7) is 5.82. The Morgan fingerprint density at radius 2 is 1.91 bits per heavy atom. The largest absolute Gasteiger partial charge is 0.342 e. The lowest BCUT2D eigenvalue weighted by atomic mass is 9.96. The molecule has 0 aliphatic rings. The van der Waals surface area contributed by atoms with Gasteiger partial charge in [0.05, 0.1) is 17.1 Å². The zero-order valence-electron chi connectivity index (χ0n) is 14.0. The molecule has 1 unspecified atom stereocenters. The Hall–Kier alpha value is -2.23. The van der Waals surface area contributed by atoms with Crippen LogP contribution in [0.5, 0.6) is 0 Å². The maximum atomic E-state index is 12.7. The quantitative estimate of drug-likeness (QED) is 0.847. The van der Waals surface area contributed by atoms with Crippen molar-refractivity contribution in [3.8, 4) is 0 Å². The van der Waals surface area contributed by atoms with Gasteiger partial charge in [-0.25, -0.2) is 0 Å². The highest BCUT2D eigenvalue weighted by molar-refractivity contribution is 6.07. The number of carbonyl (C=O) groups excluding carboxylic acids is 2. The number of carbonyl (C=O) groups is 2. The average molecular weight is 312 g/mol. The summed E-state index contributed by atoms with van der Waals surface area (Å²) < 4.78 is 0. The van der Waals surface area contributed by atoms with Gasteiger partial charge in [0, 0.05) is 17.5 Å². The summed E-state index contributed by atoms with van der Waals surface area (Å²) in [7, 11) is 0. The van der Waals surface area contributed by atoms with Crippen LogP contribution in [0.4, 0.5) is 0 Å². The molecule has 0 bridgehead atoms. The first-order valence-electron chi connectivity index (χ1n) is 8.23. The fourth-order valence-corrected chi connectivity index (χ4v) is 2.63. The van der Waals surface area contributed by atoms with E-state index in [4.69, 9.17) is 0 Å². The number of para-hydroxylation sites is 1. The van der Waals surface area contributed by atoms with E-state index in [0.29, 0.717) is 12.0 Å². The van der Waals surface area contributed by atoms with Gasteiger partial charge >= 0.3 is 0 Å². The number of amides is 1. The number of pyridine rings is 1. The van der Waals surface area contributed by atoms with Crippen LogP contribution in [-0.4, -0.2) is 22.7 Å². The van der Waals surface area contributed by atoms with Crippen molar-refractivity contribution in [3.63, 3.8) is 0 Å². The fourth-order valence-electron chi connectivity index (χ4n) is 2.63. The van der Waals surface area contributed by atoms with E-state index in [-0.39, 0.29) is 17.6 Å². The third kappa shape index (κ3) is 4.15. The first kappa shape index (κ1) is 17.1. The van der Waals surface area contributed by atoms with E-state index in [9.17, 15) is 9.59 Å². The van der Waals surface area contributed by atoms with Crippen molar-refractivity contribution in [3.05, 3.63) is 42.1 Å². The molecule has 122 valence electrons. The van der Waals surface area contributed by atoms with Gasteiger partial charge in [-0.05, 0) is 18.6 Å². The smallest absolute Gasteiger partial charge is 0.252 e. The maximum absolute atomic E-state index is 12.7. The summed E-state index contributed by atoms with van der Waals surface area (Å²) in [6, 6.07) is 8.81. The average Bonchev–Trinajstić information content (AvgIpc) is 2.57. The van der Waals surface area contributed by atoms with E-state index in [1.807, 2.05) is 38.1 Å². The van der Waals surface area contributed by atoms with Gasteiger partial charge in [0.1, 0.15) is 0 Å². The Bertz CT molecular complexity index is 689.